The molecule has 1 aliphatic rings. The Morgan fingerprint density at radius 1 is 1.18 bits per heavy atom. The summed E-state index contributed by atoms with van der Waals surface area (Å²) < 4.78 is 36.4. The van der Waals surface area contributed by atoms with E-state index in [1.54, 1.807) is 6.08 Å². The Labute approximate surface area is 226 Å². The molecule has 2 unspecified atom stereocenters. The summed E-state index contributed by atoms with van der Waals surface area (Å²) in [6, 6.07) is 9.13. The van der Waals surface area contributed by atoms with E-state index in [0.717, 1.165) is 24.7 Å². The van der Waals surface area contributed by atoms with E-state index >= 15 is 0 Å². The number of hydrogen-bond acceptors (Lipinski definition) is 8. The number of hydrazine groups is 1. The van der Waals surface area contributed by atoms with E-state index < -0.39 is 49.9 Å². The summed E-state index contributed by atoms with van der Waals surface area (Å²) in [5.74, 6) is 1.65. The zero-order valence-corrected chi connectivity index (χ0v) is 23.9. The zero-order chi connectivity index (χ0) is 28.4. The summed E-state index contributed by atoms with van der Waals surface area (Å²) in [5.41, 5.74) is 4.86. The van der Waals surface area contributed by atoms with Crippen LogP contribution in [0.25, 0.3) is 6.08 Å². The largest absolute Gasteiger partial charge is 0.385 e. The van der Waals surface area contributed by atoms with Crippen LogP contribution in [0.1, 0.15) is 58.4 Å². The number of ether oxygens (including phenoxy) is 2. The number of hydrogen-bond donors (Lipinski definition) is 3. The second-order valence-electron chi connectivity index (χ2n) is 11.0. The minimum atomic E-state index is -4.03. The first-order valence-electron chi connectivity index (χ1n) is 12.8. The van der Waals surface area contributed by atoms with Crippen LogP contribution in [0.15, 0.2) is 36.4 Å². The molecule has 0 saturated carbocycles. The minimum absolute atomic E-state index is 0.0229. The van der Waals surface area contributed by atoms with Gasteiger partial charge in [0.1, 0.15) is 4.75 Å². The molecule has 1 aliphatic heterocycles. The highest BCUT2D eigenvalue weighted by atomic mass is 32.2. The molecular weight excluding hydrogens is 510 g/mol. The monoisotopic (exact) mass is 553 g/mol. The first-order valence-corrected chi connectivity index (χ1v) is 14.7. The number of sulfone groups is 1. The van der Waals surface area contributed by atoms with Crippen LogP contribution in [0.4, 0.5) is 0 Å². The number of nitrogens with one attached hydrogen (secondary N) is 2. The molecule has 2 rings (SSSR count). The van der Waals surface area contributed by atoms with Crippen LogP contribution in [0, 0.1) is 17.3 Å². The maximum atomic E-state index is 13.9. The minimum Gasteiger partial charge on any atom is -0.385 e. The number of amides is 2. The molecule has 1 saturated heterocycles. The van der Waals surface area contributed by atoms with Gasteiger partial charge in [-0.3, -0.25) is 15.0 Å². The molecular formula is C27H43N3O7S. The van der Waals surface area contributed by atoms with Gasteiger partial charge >= 0.3 is 0 Å². The molecule has 38 heavy (non-hydrogen) atoms. The Morgan fingerprint density at radius 2 is 1.87 bits per heavy atom. The molecule has 2 amide bonds. The van der Waals surface area contributed by atoms with E-state index in [0.29, 0.717) is 13.0 Å². The summed E-state index contributed by atoms with van der Waals surface area (Å²) in [6.07, 6.45) is 5.98. The predicted octanol–water partition coefficient (Wildman–Crippen LogP) is 2.75. The van der Waals surface area contributed by atoms with Gasteiger partial charge in [0, 0.05) is 33.0 Å². The molecule has 11 heteroatoms. The number of nitrogens with two attached hydrogens (primary N) is 1. The lowest BCUT2D eigenvalue weighted by molar-refractivity contribution is -0.203. The van der Waals surface area contributed by atoms with Gasteiger partial charge in [0.05, 0.1) is 11.8 Å². The lowest BCUT2D eigenvalue weighted by atomic mass is 9.71. The molecule has 1 fully saturated rings. The van der Waals surface area contributed by atoms with E-state index in [2.05, 4.69) is 10.9 Å². The zero-order valence-electron chi connectivity index (χ0n) is 23.1. The Morgan fingerprint density at radius 3 is 2.39 bits per heavy atom. The Kier molecular flexibility index (Phi) is 11.9. The van der Waals surface area contributed by atoms with Crippen molar-refractivity contribution in [2.75, 3.05) is 26.6 Å². The van der Waals surface area contributed by atoms with Crippen molar-refractivity contribution in [1.29, 1.82) is 0 Å². The van der Waals surface area contributed by atoms with E-state index in [1.165, 1.54) is 13.2 Å². The van der Waals surface area contributed by atoms with Crippen molar-refractivity contribution in [3.63, 3.8) is 0 Å². The fourth-order valence-electron chi connectivity index (χ4n) is 4.81. The lowest BCUT2D eigenvalue weighted by Gasteiger charge is -2.41. The number of methoxy groups -OCH3 is 1. The van der Waals surface area contributed by atoms with Crippen LogP contribution < -0.4 is 16.7 Å². The summed E-state index contributed by atoms with van der Waals surface area (Å²) in [6.45, 7) is 6.23. The average Bonchev–Trinajstić information content (AvgIpc) is 2.87. The Hall–Kier alpha value is -2.31. The van der Waals surface area contributed by atoms with Crippen LogP contribution in [0.2, 0.25) is 0 Å². The third-order valence-electron chi connectivity index (χ3n) is 6.70. The standard InChI is InChI=1S/C27H43N3O7S/c1-26(2,3)19-21(24(31)29-28)23(25(32)30-37-22-13-9-10-17-36-22)27(16-18-35-4,38(5,33)34)15-14-20-11-7-6-8-12-20/h6-8,11-12,14-15,21-23H,9-10,13,16-19,28H2,1-5H3,(H,29,31)(H,30,32)/b15-14+/t21-,22?,23+,27?/m1/s1. The van der Waals surface area contributed by atoms with Crippen LogP contribution >= 0.6 is 0 Å². The maximum absolute atomic E-state index is 13.9. The van der Waals surface area contributed by atoms with E-state index in [9.17, 15) is 18.0 Å². The summed E-state index contributed by atoms with van der Waals surface area (Å²) >= 11 is 0. The van der Waals surface area contributed by atoms with Crippen LogP contribution in [0.3, 0.4) is 0 Å². The van der Waals surface area contributed by atoms with E-state index in [4.69, 9.17) is 20.2 Å². The normalized spacial score (nSPS) is 19.9. The molecule has 0 spiro atoms. The molecule has 214 valence electrons. The second kappa shape index (κ2) is 14.2. The van der Waals surface area contributed by atoms with Gasteiger partial charge in [-0.1, -0.05) is 63.3 Å². The van der Waals surface area contributed by atoms with Crippen LogP contribution in [0.5, 0.6) is 0 Å². The number of hydroxylamine groups is 1. The van der Waals surface area contributed by atoms with Gasteiger partial charge in [-0.05, 0) is 36.7 Å². The number of carbonyl (C=O) groups excluding carboxylic acids is 2. The topological polar surface area (TPSA) is 146 Å². The Balaban J connectivity index is 2.70. The van der Waals surface area contributed by atoms with Crippen molar-refractivity contribution in [1.82, 2.24) is 10.9 Å². The van der Waals surface area contributed by atoms with Gasteiger partial charge in [-0.2, -0.15) is 0 Å². The van der Waals surface area contributed by atoms with Crippen molar-refractivity contribution in [3.05, 3.63) is 42.0 Å². The van der Waals surface area contributed by atoms with Gasteiger partial charge in [-0.25, -0.2) is 24.6 Å². The highest BCUT2D eigenvalue weighted by Crippen LogP contribution is 2.42. The second-order valence-corrected chi connectivity index (χ2v) is 13.3. The smallest absolute Gasteiger partial charge is 0.249 e. The highest BCUT2D eigenvalue weighted by Gasteiger charge is 2.54. The first-order chi connectivity index (χ1) is 17.8. The molecule has 4 N–H and O–H groups in total. The number of carbonyl (C=O) groups is 2. The van der Waals surface area contributed by atoms with Crippen molar-refractivity contribution >= 4 is 27.7 Å². The van der Waals surface area contributed by atoms with Gasteiger partial charge in [0.2, 0.25) is 11.8 Å². The van der Waals surface area contributed by atoms with Crippen LogP contribution in [-0.4, -0.2) is 57.8 Å². The molecule has 0 radical (unpaired) electrons. The van der Waals surface area contributed by atoms with Crippen molar-refractivity contribution in [2.45, 2.75) is 63.9 Å². The van der Waals surface area contributed by atoms with Gasteiger partial charge in [-0.15, -0.1) is 0 Å². The first kappa shape index (κ1) is 31.9. The molecule has 1 aromatic rings. The number of rotatable bonds is 13. The summed E-state index contributed by atoms with van der Waals surface area (Å²) in [7, 11) is -2.58. The molecule has 0 bridgehead atoms. The summed E-state index contributed by atoms with van der Waals surface area (Å²) in [4.78, 5) is 32.7. The van der Waals surface area contributed by atoms with Gasteiger partial charge in [0.15, 0.2) is 16.1 Å². The molecule has 1 aromatic carbocycles. The molecule has 10 nitrogen and oxygen atoms in total. The van der Waals surface area contributed by atoms with Crippen molar-refractivity contribution < 1.29 is 32.3 Å². The van der Waals surface area contributed by atoms with E-state index in [1.807, 2.05) is 51.1 Å². The maximum Gasteiger partial charge on any atom is 0.249 e. The third kappa shape index (κ3) is 8.88. The van der Waals surface area contributed by atoms with E-state index in [-0.39, 0.29) is 19.4 Å². The summed E-state index contributed by atoms with van der Waals surface area (Å²) in [5, 5.41) is 0. The van der Waals surface area contributed by atoms with Crippen molar-refractivity contribution in [2.24, 2.45) is 23.1 Å². The van der Waals surface area contributed by atoms with Gasteiger partial charge < -0.3 is 9.47 Å². The molecule has 0 aliphatic carbocycles. The van der Waals surface area contributed by atoms with Crippen molar-refractivity contribution in [3.8, 4) is 0 Å². The Bertz CT molecular complexity index is 1030. The number of benzene rings is 1. The third-order valence-corrected chi connectivity index (χ3v) is 8.67. The average molecular weight is 554 g/mol. The molecule has 1 heterocycles. The van der Waals surface area contributed by atoms with Crippen LogP contribution in [-0.2, 0) is 33.7 Å². The SMILES string of the molecule is COCCC(/C=C/c1ccccc1)([C@H](C(=O)NOC1CCCCO1)[C@@H](CC(C)(C)C)C(=O)NN)S(C)(=O)=O. The predicted molar refractivity (Wildman–Crippen MR) is 146 cm³/mol. The highest BCUT2D eigenvalue weighted by molar-refractivity contribution is 7.92. The fourth-order valence-corrected chi connectivity index (χ4v) is 6.31. The fraction of sp³-hybridized carbons (Fsp3) is 0.630. The molecule has 0 aromatic heterocycles. The molecule has 4 atom stereocenters. The quantitative estimate of drug-likeness (QED) is 0.192. The van der Waals surface area contributed by atoms with Gasteiger partial charge in [0.25, 0.3) is 0 Å². The lowest BCUT2D eigenvalue weighted by Crippen LogP contribution is -2.58.